The Morgan fingerprint density at radius 1 is 0.897 bits per heavy atom. The molecule has 0 bridgehead atoms. The van der Waals surface area contributed by atoms with Gasteiger partial charge in [-0.3, -0.25) is 14.9 Å². The number of halogens is 1. The molecular formula is C20H17FN2O6. The predicted molar refractivity (Wildman–Crippen MR) is 101 cm³/mol. The first-order valence-electron chi connectivity index (χ1n) is 8.36. The zero-order chi connectivity index (χ0) is 21.1. The molecule has 1 heterocycles. The van der Waals surface area contributed by atoms with Crippen molar-refractivity contribution in [1.82, 2.24) is 5.32 Å². The fourth-order valence-electron chi connectivity index (χ4n) is 2.80. The number of benzene rings is 2. The van der Waals surface area contributed by atoms with Crippen LogP contribution < -0.4 is 24.4 Å². The van der Waals surface area contributed by atoms with E-state index in [-0.39, 0.29) is 11.3 Å². The number of nitrogens with zero attached hydrogens (tertiary/aromatic N) is 1. The van der Waals surface area contributed by atoms with Gasteiger partial charge in [-0.25, -0.2) is 14.1 Å². The summed E-state index contributed by atoms with van der Waals surface area (Å²) in [6.45, 7) is 0. The Labute approximate surface area is 165 Å². The Morgan fingerprint density at radius 2 is 1.48 bits per heavy atom. The van der Waals surface area contributed by atoms with E-state index in [1.165, 1.54) is 45.6 Å². The maximum Gasteiger partial charge on any atom is 0.335 e. The van der Waals surface area contributed by atoms with Crippen molar-refractivity contribution in [3.8, 4) is 17.2 Å². The van der Waals surface area contributed by atoms with Crippen molar-refractivity contribution in [3.63, 3.8) is 0 Å². The van der Waals surface area contributed by atoms with Crippen LogP contribution in [0.2, 0.25) is 0 Å². The second-order valence-corrected chi connectivity index (χ2v) is 5.88. The lowest BCUT2D eigenvalue weighted by Crippen LogP contribution is -2.54. The Bertz CT molecular complexity index is 1020. The van der Waals surface area contributed by atoms with E-state index in [1.54, 1.807) is 6.07 Å². The van der Waals surface area contributed by atoms with Gasteiger partial charge in [0, 0.05) is 11.6 Å². The number of ether oxygens (including phenoxy) is 3. The molecule has 0 aromatic heterocycles. The number of rotatable bonds is 5. The third kappa shape index (κ3) is 3.75. The van der Waals surface area contributed by atoms with Gasteiger partial charge in [0.15, 0.2) is 11.5 Å². The summed E-state index contributed by atoms with van der Waals surface area (Å²) in [7, 11) is 4.31. The fourth-order valence-corrected chi connectivity index (χ4v) is 2.80. The van der Waals surface area contributed by atoms with E-state index in [9.17, 15) is 18.8 Å². The Balaban J connectivity index is 2.08. The van der Waals surface area contributed by atoms with E-state index in [0.717, 1.165) is 17.0 Å². The lowest BCUT2D eigenvalue weighted by atomic mass is 10.1. The number of urea groups is 1. The van der Waals surface area contributed by atoms with Crippen LogP contribution in [-0.4, -0.2) is 39.2 Å². The second-order valence-electron chi connectivity index (χ2n) is 5.88. The van der Waals surface area contributed by atoms with E-state index in [4.69, 9.17) is 14.2 Å². The van der Waals surface area contributed by atoms with Crippen LogP contribution >= 0.6 is 0 Å². The molecule has 0 spiro atoms. The SMILES string of the molecule is COc1cc(OC)c(OC)cc1/C=C1/C(=O)NC(=O)N(c2ccc(F)cc2)C1=O. The highest BCUT2D eigenvalue weighted by Crippen LogP contribution is 2.36. The highest BCUT2D eigenvalue weighted by Gasteiger charge is 2.37. The lowest BCUT2D eigenvalue weighted by molar-refractivity contribution is -0.122. The molecule has 4 amide bonds. The molecule has 3 rings (SSSR count). The van der Waals surface area contributed by atoms with Gasteiger partial charge in [0.1, 0.15) is 17.1 Å². The molecule has 0 unspecified atom stereocenters. The number of amides is 4. The van der Waals surface area contributed by atoms with Crippen molar-refractivity contribution in [2.45, 2.75) is 0 Å². The first kappa shape index (κ1) is 19.9. The standard InChI is InChI=1S/C20H17FN2O6/c1-27-15-10-17(29-3)16(28-2)9-11(15)8-14-18(24)22-20(26)23(19(14)25)13-6-4-12(21)5-7-13/h4-10H,1-3H3,(H,22,24,26)/b14-8-. The number of hydrogen-bond donors (Lipinski definition) is 1. The molecule has 2 aromatic carbocycles. The number of anilines is 1. The average Bonchev–Trinajstić information content (AvgIpc) is 2.71. The van der Waals surface area contributed by atoms with Crippen LogP contribution in [0.15, 0.2) is 42.0 Å². The van der Waals surface area contributed by atoms with Gasteiger partial charge in [0.2, 0.25) is 0 Å². The van der Waals surface area contributed by atoms with Crippen molar-refractivity contribution in [2.24, 2.45) is 0 Å². The van der Waals surface area contributed by atoms with Crippen molar-refractivity contribution in [1.29, 1.82) is 0 Å². The minimum atomic E-state index is -0.928. The summed E-state index contributed by atoms with van der Waals surface area (Å²) >= 11 is 0. The van der Waals surface area contributed by atoms with Crippen molar-refractivity contribution < 1.29 is 33.0 Å². The monoisotopic (exact) mass is 400 g/mol. The number of carbonyl (C=O) groups is 3. The summed E-state index contributed by atoms with van der Waals surface area (Å²) in [6.07, 6.45) is 1.28. The minimum Gasteiger partial charge on any atom is -0.496 e. The molecular weight excluding hydrogens is 383 g/mol. The van der Waals surface area contributed by atoms with Crippen LogP contribution in [0.1, 0.15) is 5.56 Å². The molecule has 1 N–H and O–H groups in total. The molecule has 2 aromatic rings. The Hall–Kier alpha value is -3.88. The maximum absolute atomic E-state index is 13.2. The number of nitrogens with one attached hydrogen (secondary N) is 1. The van der Waals surface area contributed by atoms with Crippen LogP contribution in [0.4, 0.5) is 14.9 Å². The van der Waals surface area contributed by atoms with Crippen LogP contribution in [-0.2, 0) is 9.59 Å². The quantitative estimate of drug-likeness (QED) is 0.612. The van der Waals surface area contributed by atoms with E-state index in [0.29, 0.717) is 22.8 Å². The minimum absolute atomic E-state index is 0.117. The molecule has 9 heteroatoms. The van der Waals surface area contributed by atoms with Gasteiger partial charge in [-0.15, -0.1) is 0 Å². The summed E-state index contributed by atoms with van der Waals surface area (Å²) in [5, 5.41) is 2.10. The molecule has 29 heavy (non-hydrogen) atoms. The van der Waals surface area contributed by atoms with Crippen molar-refractivity contribution in [2.75, 3.05) is 26.2 Å². The molecule has 1 aliphatic heterocycles. The average molecular weight is 400 g/mol. The Morgan fingerprint density at radius 3 is 2.07 bits per heavy atom. The van der Waals surface area contributed by atoms with Crippen LogP contribution in [0.25, 0.3) is 6.08 Å². The fraction of sp³-hybridized carbons (Fsp3) is 0.150. The van der Waals surface area contributed by atoms with E-state index < -0.39 is 23.7 Å². The third-order valence-corrected chi connectivity index (χ3v) is 4.22. The van der Waals surface area contributed by atoms with E-state index >= 15 is 0 Å². The molecule has 1 aliphatic rings. The van der Waals surface area contributed by atoms with Crippen molar-refractivity contribution in [3.05, 3.63) is 53.4 Å². The second kappa shape index (κ2) is 8.01. The van der Waals surface area contributed by atoms with Crippen LogP contribution in [0, 0.1) is 5.82 Å². The summed E-state index contributed by atoms with van der Waals surface area (Å²) in [6, 6.07) is 6.88. The number of carbonyl (C=O) groups excluding carboxylic acids is 3. The van der Waals surface area contributed by atoms with Gasteiger partial charge in [-0.05, 0) is 36.4 Å². The van der Waals surface area contributed by atoms with Crippen LogP contribution in [0.3, 0.4) is 0 Å². The summed E-state index contributed by atoms with van der Waals surface area (Å²) in [4.78, 5) is 38.2. The molecule has 0 atom stereocenters. The topological polar surface area (TPSA) is 94.2 Å². The van der Waals surface area contributed by atoms with Gasteiger partial charge < -0.3 is 14.2 Å². The van der Waals surface area contributed by atoms with Gasteiger partial charge >= 0.3 is 6.03 Å². The highest BCUT2D eigenvalue weighted by molar-refractivity contribution is 6.39. The summed E-state index contributed by atoms with van der Waals surface area (Å²) in [5.74, 6) is -1.18. The van der Waals surface area contributed by atoms with Gasteiger partial charge in [-0.2, -0.15) is 0 Å². The largest absolute Gasteiger partial charge is 0.496 e. The lowest BCUT2D eigenvalue weighted by Gasteiger charge is -2.26. The third-order valence-electron chi connectivity index (χ3n) is 4.22. The van der Waals surface area contributed by atoms with Crippen molar-refractivity contribution >= 4 is 29.6 Å². The molecule has 8 nitrogen and oxygen atoms in total. The molecule has 0 aliphatic carbocycles. The van der Waals surface area contributed by atoms with Crippen LogP contribution in [0.5, 0.6) is 17.2 Å². The Kier molecular flexibility index (Phi) is 5.49. The number of methoxy groups -OCH3 is 3. The zero-order valence-corrected chi connectivity index (χ0v) is 15.8. The predicted octanol–water partition coefficient (Wildman–Crippen LogP) is 2.52. The smallest absolute Gasteiger partial charge is 0.335 e. The summed E-state index contributed by atoms with van der Waals surface area (Å²) < 4.78 is 28.9. The number of imide groups is 2. The van der Waals surface area contributed by atoms with Gasteiger partial charge in [-0.1, -0.05) is 0 Å². The first-order valence-corrected chi connectivity index (χ1v) is 8.36. The van der Waals surface area contributed by atoms with E-state index in [2.05, 4.69) is 5.32 Å². The molecule has 0 saturated carbocycles. The number of hydrogen-bond acceptors (Lipinski definition) is 6. The molecule has 0 radical (unpaired) electrons. The van der Waals surface area contributed by atoms with E-state index in [1.807, 2.05) is 0 Å². The van der Waals surface area contributed by atoms with Gasteiger partial charge in [0.05, 0.1) is 27.0 Å². The highest BCUT2D eigenvalue weighted by atomic mass is 19.1. The zero-order valence-electron chi connectivity index (χ0n) is 15.8. The molecule has 150 valence electrons. The number of barbiturate groups is 1. The maximum atomic E-state index is 13.2. The summed E-state index contributed by atoms with van der Waals surface area (Å²) in [5.41, 5.74) is 0.170. The molecule has 1 fully saturated rings. The normalized spacial score (nSPS) is 15.4. The molecule has 1 saturated heterocycles. The first-order chi connectivity index (χ1) is 13.9. The van der Waals surface area contributed by atoms with Gasteiger partial charge in [0.25, 0.3) is 11.8 Å².